The van der Waals surface area contributed by atoms with Crippen LogP contribution >= 0.6 is 11.6 Å². The number of hydrogen-bond donors (Lipinski definition) is 1. The Hall–Kier alpha value is -0.860. The predicted octanol–water partition coefficient (Wildman–Crippen LogP) is 3.37. The van der Waals surface area contributed by atoms with E-state index in [4.69, 9.17) is 17.3 Å². The SMILES string of the molecule is NC1CC/C(=C/c2cccc(Cl)c2F)C1. The first-order valence-corrected chi connectivity index (χ1v) is 5.43. The molecule has 0 spiro atoms. The van der Waals surface area contributed by atoms with Gasteiger partial charge in [0.2, 0.25) is 0 Å². The maximum atomic E-state index is 13.5. The fourth-order valence-corrected chi connectivity index (χ4v) is 2.08. The number of nitrogens with two attached hydrogens (primary N) is 1. The van der Waals surface area contributed by atoms with Crippen molar-refractivity contribution in [2.75, 3.05) is 0 Å². The standard InChI is InChI=1S/C12H13ClFN/c13-11-3-1-2-9(12(11)14)6-8-4-5-10(15)7-8/h1-3,6,10H,4-5,7,15H2/b8-6-. The van der Waals surface area contributed by atoms with Gasteiger partial charge < -0.3 is 5.73 Å². The number of benzene rings is 1. The van der Waals surface area contributed by atoms with Crippen molar-refractivity contribution in [2.24, 2.45) is 5.73 Å². The van der Waals surface area contributed by atoms with E-state index in [1.807, 2.05) is 6.08 Å². The molecule has 1 nitrogen and oxygen atoms in total. The average Bonchev–Trinajstić information content (AvgIpc) is 2.59. The molecule has 1 atom stereocenters. The lowest BCUT2D eigenvalue weighted by atomic mass is 10.1. The molecule has 0 heterocycles. The summed E-state index contributed by atoms with van der Waals surface area (Å²) in [5.74, 6) is -0.341. The van der Waals surface area contributed by atoms with Gasteiger partial charge in [0.25, 0.3) is 0 Å². The Morgan fingerprint density at radius 1 is 1.47 bits per heavy atom. The summed E-state index contributed by atoms with van der Waals surface area (Å²) in [5.41, 5.74) is 7.56. The molecule has 2 N–H and O–H groups in total. The maximum Gasteiger partial charge on any atom is 0.148 e. The van der Waals surface area contributed by atoms with E-state index in [-0.39, 0.29) is 16.9 Å². The molecule has 1 aliphatic rings. The lowest BCUT2D eigenvalue weighted by Crippen LogP contribution is -2.13. The van der Waals surface area contributed by atoms with Gasteiger partial charge in [-0.2, -0.15) is 0 Å². The number of rotatable bonds is 1. The molecule has 0 amide bonds. The quantitative estimate of drug-likeness (QED) is 0.779. The second-order valence-electron chi connectivity index (χ2n) is 3.95. The Kier molecular flexibility index (Phi) is 3.08. The van der Waals surface area contributed by atoms with Gasteiger partial charge in [-0.1, -0.05) is 35.4 Å². The largest absolute Gasteiger partial charge is 0.327 e. The van der Waals surface area contributed by atoms with Crippen molar-refractivity contribution in [3.63, 3.8) is 0 Å². The summed E-state index contributed by atoms with van der Waals surface area (Å²) in [4.78, 5) is 0. The van der Waals surface area contributed by atoms with Crippen molar-refractivity contribution in [1.29, 1.82) is 0 Å². The fourth-order valence-electron chi connectivity index (χ4n) is 1.89. The van der Waals surface area contributed by atoms with Crippen LogP contribution in [0.3, 0.4) is 0 Å². The third kappa shape index (κ3) is 2.39. The third-order valence-corrected chi connectivity index (χ3v) is 2.99. The molecule has 1 aromatic rings. The van der Waals surface area contributed by atoms with Gasteiger partial charge in [0.15, 0.2) is 0 Å². The summed E-state index contributed by atoms with van der Waals surface area (Å²) in [6.07, 6.45) is 4.70. The highest BCUT2D eigenvalue weighted by Crippen LogP contribution is 2.27. The van der Waals surface area contributed by atoms with Crippen LogP contribution in [0.1, 0.15) is 24.8 Å². The molecule has 0 aliphatic heterocycles. The van der Waals surface area contributed by atoms with Crippen LogP contribution in [0.5, 0.6) is 0 Å². The molecule has 2 rings (SSSR count). The van der Waals surface area contributed by atoms with Crippen molar-refractivity contribution in [3.05, 3.63) is 40.2 Å². The molecule has 1 unspecified atom stereocenters. The molecule has 1 saturated carbocycles. The van der Waals surface area contributed by atoms with Crippen LogP contribution in [-0.4, -0.2) is 6.04 Å². The monoisotopic (exact) mass is 225 g/mol. The van der Waals surface area contributed by atoms with Gasteiger partial charge in [-0.15, -0.1) is 0 Å². The molecule has 0 bridgehead atoms. The number of halogens is 2. The minimum Gasteiger partial charge on any atom is -0.327 e. The van der Waals surface area contributed by atoms with Gasteiger partial charge in [-0.25, -0.2) is 4.39 Å². The highest BCUT2D eigenvalue weighted by Gasteiger charge is 2.15. The van der Waals surface area contributed by atoms with Crippen LogP contribution < -0.4 is 5.73 Å². The minimum absolute atomic E-state index is 0.173. The summed E-state index contributed by atoms with van der Waals surface area (Å²) in [7, 11) is 0. The Balaban J connectivity index is 2.27. The zero-order chi connectivity index (χ0) is 10.8. The van der Waals surface area contributed by atoms with Gasteiger partial charge in [0, 0.05) is 11.6 Å². The Morgan fingerprint density at radius 2 is 2.27 bits per heavy atom. The lowest BCUT2D eigenvalue weighted by Gasteiger charge is -2.01. The van der Waals surface area contributed by atoms with E-state index in [1.165, 1.54) is 5.57 Å². The normalized spacial score (nSPS) is 23.7. The van der Waals surface area contributed by atoms with Crippen molar-refractivity contribution >= 4 is 17.7 Å². The summed E-state index contributed by atoms with van der Waals surface area (Å²) in [6.45, 7) is 0. The molecule has 0 saturated heterocycles. The van der Waals surface area contributed by atoms with Crippen LogP contribution in [0.15, 0.2) is 23.8 Å². The van der Waals surface area contributed by atoms with Crippen LogP contribution in [-0.2, 0) is 0 Å². The summed E-state index contributed by atoms with van der Waals surface area (Å²) in [6, 6.07) is 5.28. The zero-order valence-electron chi connectivity index (χ0n) is 8.34. The van der Waals surface area contributed by atoms with Gasteiger partial charge >= 0.3 is 0 Å². The van der Waals surface area contributed by atoms with E-state index in [9.17, 15) is 4.39 Å². The first-order chi connectivity index (χ1) is 7.16. The summed E-state index contributed by atoms with van der Waals surface area (Å²) in [5, 5.41) is 0.173. The first kappa shape index (κ1) is 10.7. The molecular formula is C12H13ClFN. The van der Waals surface area contributed by atoms with E-state index >= 15 is 0 Å². The van der Waals surface area contributed by atoms with Gasteiger partial charge in [0.05, 0.1) is 5.02 Å². The molecular weight excluding hydrogens is 213 g/mol. The summed E-state index contributed by atoms with van der Waals surface area (Å²) < 4.78 is 13.5. The molecule has 15 heavy (non-hydrogen) atoms. The first-order valence-electron chi connectivity index (χ1n) is 5.06. The van der Waals surface area contributed by atoms with Crippen molar-refractivity contribution in [3.8, 4) is 0 Å². The Bertz CT molecular complexity index is 401. The number of hydrogen-bond acceptors (Lipinski definition) is 1. The van der Waals surface area contributed by atoms with Crippen molar-refractivity contribution < 1.29 is 4.39 Å². The molecule has 80 valence electrons. The zero-order valence-corrected chi connectivity index (χ0v) is 9.10. The van der Waals surface area contributed by atoms with Crippen molar-refractivity contribution in [1.82, 2.24) is 0 Å². The molecule has 1 fully saturated rings. The van der Waals surface area contributed by atoms with E-state index in [0.29, 0.717) is 5.56 Å². The fraction of sp³-hybridized carbons (Fsp3) is 0.333. The second kappa shape index (κ2) is 4.33. The third-order valence-electron chi connectivity index (χ3n) is 2.70. The highest BCUT2D eigenvalue weighted by atomic mass is 35.5. The average molecular weight is 226 g/mol. The topological polar surface area (TPSA) is 26.0 Å². The van der Waals surface area contributed by atoms with Crippen LogP contribution in [0.2, 0.25) is 5.02 Å². The minimum atomic E-state index is -0.341. The van der Waals surface area contributed by atoms with Gasteiger partial charge in [-0.3, -0.25) is 0 Å². The molecule has 0 radical (unpaired) electrons. The van der Waals surface area contributed by atoms with Gasteiger partial charge in [0.1, 0.15) is 5.82 Å². The van der Waals surface area contributed by atoms with Crippen LogP contribution in [0.4, 0.5) is 4.39 Å². The van der Waals surface area contributed by atoms with Crippen LogP contribution in [0.25, 0.3) is 6.08 Å². The molecule has 1 aromatic carbocycles. The maximum absolute atomic E-state index is 13.5. The summed E-state index contributed by atoms with van der Waals surface area (Å²) >= 11 is 5.70. The Morgan fingerprint density at radius 3 is 2.93 bits per heavy atom. The highest BCUT2D eigenvalue weighted by molar-refractivity contribution is 6.30. The molecule has 0 aromatic heterocycles. The van der Waals surface area contributed by atoms with E-state index in [2.05, 4.69) is 0 Å². The molecule has 3 heteroatoms. The van der Waals surface area contributed by atoms with E-state index in [1.54, 1.807) is 18.2 Å². The molecule has 1 aliphatic carbocycles. The van der Waals surface area contributed by atoms with E-state index < -0.39 is 0 Å². The lowest BCUT2D eigenvalue weighted by molar-refractivity contribution is 0.625. The smallest absolute Gasteiger partial charge is 0.148 e. The van der Waals surface area contributed by atoms with Crippen LogP contribution in [0, 0.1) is 5.82 Å². The Labute approximate surface area is 93.7 Å². The van der Waals surface area contributed by atoms with Gasteiger partial charge in [-0.05, 0) is 25.3 Å². The second-order valence-corrected chi connectivity index (χ2v) is 4.36. The van der Waals surface area contributed by atoms with Crippen molar-refractivity contribution in [2.45, 2.75) is 25.3 Å². The van der Waals surface area contributed by atoms with E-state index in [0.717, 1.165) is 19.3 Å². The predicted molar refractivity (Wildman–Crippen MR) is 61.2 cm³/mol.